The van der Waals surface area contributed by atoms with Gasteiger partial charge in [-0.3, -0.25) is 9.20 Å². The predicted molar refractivity (Wildman–Crippen MR) is 111 cm³/mol. The van der Waals surface area contributed by atoms with Crippen LogP contribution in [0.15, 0.2) is 41.2 Å². The van der Waals surface area contributed by atoms with Crippen LogP contribution in [0.3, 0.4) is 0 Å². The molecule has 0 saturated heterocycles. The number of rotatable bonds is 6. The van der Waals surface area contributed by atoms with Crippen LogP contribution in [0.1, 0.15) is 61.0 Å². The minimum absolute atomic E-state index is 0.0660. The second kappa shape index (κ2) is 7.95. The van der Waals surface area contributed by atoms with Gasteiger partial charge < -0.3 is 5.32 Å². The van der Waals surface area contributed by atoms with E-state index in [0.717, 1.165) is 29.9 Å². The van der Waals surface area contributed by atoms with Crippen LogP contribution in [-0.4, -0.2) is 9.38 Å². The topological polar surface area (TPSA) is 46.4 Å². The molecule has 1 aliphatic carbocycles. The molecule has 0 fully saturated rings. The molecule has 1 aliphatic rings. The summed E-state index contributed by atoms with van der Waals surface area (Å²) in [5.74, 6) is 0.591. The van der Waals surface area contributed by atoms with Crippen LogP contribution in [-0.2, 0) is 19.4 Å². The molecule has 4 nitrogen and oxygen atoms in total. The van der Waals surface area contributed by atoms with E-state index in [1.165, 1.54) is 29.0 Å². The van der Waals surface area contributed by atoms with Crippen molar-refractivity contribution >= 4 is 16.3 Å². The Morgan fingerprint density at radius 2 is 1.96 bits per heavy atom. The number of aromatic nitrogens is 2. The van der Waals surface area contributed by atoms with E-state index in [9.17, 15) is 4.79 Å². The summed E-state index contributed by atoms with van der Waals surface area (Å²) in [5.41, 5.74) is 3.38. The molecule has 1 N–H and O–H groups in total. The highest BCUT2D eigenvalue weighted by Gasteiger charge is 2.19. The lowest BCUT2D eigenvalue weighted by atomic mass is 9.97. The SMILES string of the molecule is CC(C)C[C@H](NCc1cc(=O)n2c3c(sc2n1)CCCC3)c1ccccc1. The van der Waals surface area contributed by atoms with Gasteiger partial charge in [0, 0.05) is 29.2 Å². The highest BCUT2D eigenvalue weighted by Crippen LogP contribution is 2.28. The van der Waals surface area contributed by atoms with Gasteiger partial charge in [-0.1, -0.05) is 44.2 Å². The Morgan fingerprint density at radius 3 is 2.74 bits per heavy atom. The van der Waals surface area contributed by atoms with E-state index in [-0.39, 0.29) is 11.6 Å². The molecular formula is C22H27N3OS. The number of nitrogens with zero attached hydrogens (tertiary/aromatic N) is 2. The molecule has 0 amide bonds. The number of fused-ring (bicyclic) bond motifs is 3. The van der Waals surface area contributed by atoms with Crippen molar-refractivity contribution in [3.8, 4) is 0 Å². The van der Waals surface area contributed by atoms with Gasteiger partial charge in [0.1, 0.15) is 0 Å². The van der Waals surface area contributed by atoms with Crippen molar-refractivity contribution in [1.29, 1.82) is 0 Å². The maximum atomic E-state index is 12.7. The van der Waals surface area contributed by atoms with Crippen LogP contribution in [0, 0.1) is 5.92 Å². The molecule has 1 atom stereocenters. The molecule has 3 aromatic rings. The number of thiazole rings is 1. The Balaban J connectivity index is 1.58. The van der Waals surface area contributed by atoms with Crippen molar-refractivity contribution in [3.05, 3.63) is 68.6 Å². The zero-order valence-electron chi connectivity index (χ0n) is 16.1. The zero-order valence-corrected chi connectivity index (χ0v) is 16.9. The number of aryl methyl sites for hydroxylation is 2. The molecular weight excluding hydrogens is 354 g/mol. The Hall–Kier alpha value is -1.98. The molecule has 27 heavy (non-hydrogen) atoms. The zero-order chi connectivity index (χ0) is 18.8. The highest BCUT2D eigenvalue weighted by atomic mass is 32.1. The van der Waals surface area contributed by atoms with Gasteiger partial charge >= 0.3 is 0 Å². The third kappa shape index (κ3) is 3.99. The van der Waals surface area contributed by atoms with Crippen LogP contribution in [0.2, 0.25) is 0 Å². The smallest absolute Gasteiger partial charge is 0.259 e. The fourth-order valence-electron chi connectivity index (χ4n) is 3.95. The van der Waals surface area contributed by atoms with E-state index >= 15 is 0 Å². The Morgan fingerprint density at radius 1 is 1.19 bits per heavy atom. The molecule has 0 saturated carbocycles. The number of hydrogen-bond donors (Lipinski definition) is 1. The average Bonchev–Trinajstić information content (AvgIpc) is 3.04. The summed E-state index contributed by atoms with van der Waals surface area (Å²) in [4.78, 5) is 19.7. The fourth-order valence-corrected chi connectivity index (χ4v) is 5.19. The van der Waals surface area contributed by atoms with Crippen molar-refractivity contribution in [3.63, 3.8) is 0 Å². The second-order valence-corrected chi connectivity index (χ2v) is 8.92. The van der Waals surface area contributed by atoms with Crippen LogP contribution in [0.5, 0.6) is 0 Å². The summed E-state index contributed by atoms with van der Waals surface area (Å²) in [7, 11) is 0. The normalized spacial score (nSPS) is 15.2. The van der Waals surface area contributed by atoms with Crippen molar-refractivity contribution in [1.82, 2.24) is 14.7 Å². The summed E-state index contributed by atoms with van der Waals surface area (Å²) in [6.45, 7) is 5.09. The van der Waals surface area contributed by atoms with Gasteiger partial charge in [0.05, 0.1) is 5.69 Å². The lowest BCUT2D eigenvalue weighted by Gasteiger charge is -2.21. The van der Waals surface area contributed by atoms with E-state index in [1.807, 2.05) is 10.5 Å². The number of benzene rings is 1. The van der Waals surface area contributed by atoms with E-state index in [1.54, 1.807) is 17.4 Å². The predicted octanol–water partition coefficient (Wildman–Crippen LogP) is 4.51. The van der Waals surface area contributed by atoms with Gasteiger partial charge in [-0.25, -0.2) is 4.98 Å². The van der Waals surface area contributed by atoms with Gasteiger partial charge in [-0.05, 0) is 43.6 Å². The van der Waals surface area contributed by atoms with E-state index in [2.05, 4.69) is 43.4 Å². The molecule has 0 unspecified atom stereocenters. The summed E-state index contributed by atoms with van der Waals surface area (Å²) < 4.78 is 1.84. The van der Waals surface area contributed by atoms with E-state index in [4.69, 9.17) is 4.98 Å². The summed E-state index contributed by atoms with van der Waals surface area (Å²) in [6, 6.07) is 12.5. The third-order valence-corrected chi connectivity index (χ3v) is 6.40. The van der Waals surface area contributed by atoms with Crippen LogP contribution in [0.25, 0.3) is 4.96 Å². The first-order valence-corrected chi connectivity index (χ1v) is 10.7. The molecule has 2 heterocycles. The van der Waals surface area contributed by atoms with Crippen LogP contribution in [0.4, 0.5) is 0 Å². The standard InChI is InChI=1S/C22H27N3OS/c1-15(2)12-18(16-8-4-3-5-9-16)23-14-17-13-21(26)25-19-10-6-7-11-20(19)27-22(25)24-17/h3-5,8-9,13,15,18,23H,6-7,10-12,14H2,1-2H3/t18-/m0/s1. The lowest BCUT2D eigenvalue weighted by Crippen LogP contribution is -2.25. The lowest BCUT2D eigenvalue weighted by molar-refractivity contribution is 0.426. The summed E-state index contributed by atoms with van der Waals surface area (Å²) >= 11 is 1.69. The van der Waals surface area contributed by atoms with Crippen molar-refractivity contribution < 1.29 is 0 Å². The first-order valence-electron chi connectivity index (χ1n) is 9.93. The molecule has 5 heteroatoms. The summed E-state index contributed by atoms with van der Waals surface area (Å²) in [6.07, 6.45) is 5.53. The van der Waals surface area contributed by atoms with Crippen molar-refractivity contribution in [2.75, 3.05) is 0 Å². The largest absolute Gasteiger partial charge is 0.304 e. The molecule has 1 aromatic carbocycles. The van der Waals surface area contributed by atoms with Crippen molar-refractivity contribution in [2.45, 2.75) is 58.5 Å². The molecule has 0 bridgehead atoms. The van der Waals surface area contributed by atoms with Gasteiger partial charge in [-0.2, -0.15) is 0 Å². The van der Waals surface area contributed by atoms with Crippen LogP contribution < -0.4 is 10.9 Å². The van der Waals surface area contributed by atoms with Crippen molar-refractivity contribution in [2.24, 2.45) is 5.92 Å². The summed E-state index contributed by atoms with van der Waals surface area (Å²) in [5, 5.41) is 3.63. The first-order chi connectivity index (χ1) is 13.1. The number of nitrogens with one attached hydrogen (secondary N) is 1. The second-order valence-electron chi connectivity index (χ2n) is 7.86. The highest BCUT2D eigenvalue weighted by molar-refractivity contribution is 7.17. The Labute approximate surface area is 164 Å². The van der Waals surface area contributed by atoms with E-state index < -0.39 is 0 Å². The third-order valence-electron chi connectivity index (χ3n) is 5.25. The number of hydrogen-bond acceptors (Lipinski definition) is 4. The minimum atomic E-state index is 0.0660. The molecule has 142 valence electrons. The molecule has 0 spiro atoms. The molecule has 0 radical (unpaired) electrons. The van der Waals surface area contributed by atoms with E-state index in [0.29, 0.717) is 12.5 Å². The van der Waals surface area contributed by atoms with Crippen LogP contribution >= 0.6 is 11.3 Å². The van der Waals surface area contributed by atoms with Gasteiger partial charge in [0.25, 0.3) is 5.56 Å². The van der Waals surface area contributed by atoms with Gasteiger partial charge in [0.15, 0.2) is 4.96 Å². The Bertz CT molecular complexity index is 974. The maximum absolute atomic E-state index is 12.7. The molecule has 4 rings (SSSR count). The Kier molecular flexibility index (Phi) is 5.41. The minimum Gasteiger partial charge on any atom is -0.304 e. The van der Waals surface area contributed by atoms with Gasteiger partial charge in [0.2, 0.25) is 0 Å². The molecule has 2 aromatic heterocycles. The average molecular weight is 382 g/mol. The molecule has 0 aliphatic heterocycles. The quantitative estimate of drug-likeness (QED) is 0.683. The fraction of sp³-hybridized carbons (Fsp3) is 0.455. The maximum Gasteiger partial charge on any atom is 0.259 e. The first kappa shape index (κ1) is 18.4. The van der Waals surface area contributed by atoms with Gasteiger partial charge in [-0.15, -0.1) is 11.3 Å². The monoisotopic (exact) mass is 381 g/mol.